The van der Waals surface area contributed by atoms with Gasteiger partial charge in [0.15, 0.2) is 5.96 Å². The second-order valence-electron chi connectivity index (χ2n) is 7.25. The lowest BCUT2D eigenvalue weighted by Crippen LogP contribution is -2.36. The predicted octanol–water partition coefficient (Wildman–Crippen LogP) is 4.05. The fourth-order valence-corrected chi connectivity index (χ4v) is 3.24. The van der Waals surface area contributed by atoms with Crippen LogP contribution in [0.25, 0.3) is 0 Å². The molecule has 0 amide bonds. The number of aliphatic imine (C=N–C) groups is 1. The van der Waals surface area contributed by atoms with E-state index in [4.69, 9.17) is 14.7 Å². The van der Waals surface area contributed by atoms with Crippen molar-refractivity contribution in [3.05, 3.63) is 64.5 Å². The molecule has 31 heavy (non-hydrogen) atoms. The summed E-state index contributed by atoms with van der Waals surface area (Å²) in [6, 6.07) is 12.5. The Kier molecular flexibility index (Phi) is 10.0. The van der Waals surface area contributed by atoms with Crippen LogP contribution in [0.2, 0.25) is 0 Å². The van der Waals surface area contributed by atoms with Crippen molar-refractivity contribution in [2.75, 3.05) is 20.3 Å². The number of rotatable bonds is 7. The largest absolute Gasteiger partial charge is 0.491 e. The van der Waals surface area contributed by atoms with Gasteiger partial charge in [-0.05, 0) is 43.5 Å². The van der Waals surface area contributed by atoms with Crippen molar-refractivity contribution in [1.82, 2.24) is 10.6 Å². The number of halogens is 2. The van der Waals surface area contributed by atoms with Gasteiger partial charge < -0.3 is 20.1 Å². The molecule has 1 aliphatic heterocycles. The topological polar surface area (TPSA) is 78.7 Å². The van der Waals surface area contributed by atoms with Gasteiger partial charge in [0.25, 0.3) is 0 Å². The van der Waals surface area contributed by atoms with E-state index in [1.807, 2.05) is 31.2 Å². The van der Waals surface area contributed by atoms with E-state index in [0.29, 0.717) is 30.2 Å². The molecule has 0 aromatic heterocycles. The zero-order valence-electron chi connectivity index (χ0n) is 17.8. The van der Waals surface area contributed by atoms with E-state index >= 15 is 0 Å². The highest BCUT2D eigenvalue weighted by Crippen LogP contribution is 2.22. The van der Waals surface area contributed by atoms with Crippen LogP contribution < -0.4 is 15.4 Å². The van der Waals surface area contributed by atoms with Crippen molar-refractivity contribution in [2.24, 2.45) is 4.99 Å². The molecule has 166 valence electrons. The maximum atomic E-state index is 14.1. The Morgan fingerprint density at radius 1 is 1.23 bits per heavy atom. The number of hydrogen-bond donors (Lipinski definition) is 2. The van der Waals surface area contributed by atoms with E-state index in [0.717, 1.165) is 36.3 Å². The monoisotopic (exact) mass is 538 g/mol. The summed E-state index contributed by atoms with van der Waals surface area (Å²) in [5, 5.41) is 15.2. The smallest absolute Gasteiger partial charge is 0.191 e. The van der Waals surface area contributed by atoms with Crippen LogP contribution in [0.1, 0.15) is 35.1 Å². The minimum atomic E-state index is -0.416. The number of ether oxygens (including phenoxy) is 2. The van der Waals surface area contributed by atoms with Gasteiger partial charge in [-0.15, -0.1) is 24.0 Å². The van der Waals surface area contributed by atoms with Crippen LogP contribution in [-0.4, -0.2) is 32.3 Å². The third kappa shape index (κ3) is 7.36. The van der Waals surface area contributed by atoms with Gasteiger partial charge in [-0.2, -0.15) is 5.26 Å². The number of aryl methyl sites for hydroxylation is 1. The van der Waals surface area contributed by atoms with Crippen molar-refractivity contribution in [1.29, 1.82) is 5.26 Å². The lowest BCUT2D eigenvalue weighted by Gasteiger charge is -2.17. The fourth-order valence-electron chi connectivity index (χ4n) is 3.24. The first-order valence-electron chi connectivity index (χ1n) is 10.1. The standard InChI is InChI=1S/C23H27FN4O2.HI/c1-16-5-7-19(22(10-16)30-15-20-4-3-9-29-20)14-28-23(26-2)27-13-18-8-6-17(12-25)11-21(18)24;/h5-8,10-11,20H,3-4,9,13-15H2,1-2H3,(H2,26,27,28);1H. The molecule has 0 saturated carbocycles. The number of nitrogens with zero attached hydrogens (tertiary/aromatic N) is 2. The molecular weight excluding hydrogens is 510 g/mol. The van der Waals surface area contributed by atoms with E-state index in [1.54, 1.807) is 19.2 Å². The number of hydrogen-bond acceptors (Lipinski definition) is 4. The van der Waals surface area contributed by atoms with Gasteiger partial charge in [0.1, 0.15) is 18.2 Å². The van der Waals surface area contributed by atoms with Crippen molar-refractivity contribution >= 4 is 29.9 Å². The Hall–Kier alpha value is -2.38. The summed E-state index contributed by atoms with van der Waals surface area (Å²) >= 11 is 0. The molecule has 1 aliphatic rings. The van der Waals surface area contributed by atoms with Gasteiger partial charge in [-0.1, -0.05) is 18.2 Å². The molecule has 6 nitrogen and oxygen atoms in total. The highest BCUT2D eigenvalue weighted by Gasteiger charge is 2.17. The highest BCUT2D eigenvalue weighted by atomic mass is 127. The van der Waals surface area contributed by atoms with Crippen LogP contribution in [0.5, 0.6) is 5.75 Å². The minimum absolute atomic E-state index is 0. The Morgan fingerprint density at radius 3 is 2.61 bits per heavy atom. The number of guanidine groups is 1. The van der Waals surface area contributed by atoms with Crippen LogP contribution >= 0.6 is 24.0 Å². The quantitative estimate of drug-likeness (QED) is 0.316. The van der Waals surface area contributed by atoms with Crippen LogP contribution in [-0.2, 0) is 17.8 Å². The lowest BCUT2D eigenvalue weighted by molar-refractivity contribution is 0.0676. The summed E-state index contributed by atoms with van der Waals surface area (Å²) < 4.78 is 25.7. The normalized spacial score (nSPS) is 15.7. The van der Waals surface area contributed by atoms with Gasteiger partial charge in [0.2, 0.25) is 0 Å². The SMILES string of the molecule is CN=C(NCc1ccc(C#N)cc1F)NCc1ccc(C)cc1OCC1CCCO1.I. The Morgan fingerprint density at radius 2 is 1.97 bits per heavy atom. The van der Waals surface area contributed by atoms with E-state index in [-0.39, 0.29) is 36.6 Å². The first kappa shape index (κ1) is 24.9. The second kappa shape index (κ2) is 12.5. The zero-order valence-corrected chi connectivity index (χ0v) is 20.1. The maximum absolute atomic E-state index is 14.1. The number of nitriles is 1. The van der Waals surface area contributed by atoms with Crippen LogP contribution in [0.15, 0.2) is 41.4 Å². The third-order valence-corrected chi connectivity index (χ3v) is 4.97. The van der Waals surface area contributed by atoms with Gasteiger partial charge in [0.05, 0.1) is 17.7 Å². The summed E-state index contributed by atoms with van der Waals surface area (Å²) in [4.78, 5) is 4.20. The number of benzene rings is 2. The molecule has 0 bridgehead atoms. The average Bonchev–Trinajstić information content (AvgIpc) is 3.27. The molecule has 1 saturated heterocycles. The van der Waals surface area contributed by atoms with Crippen LogP contribution in [0.4, 0.5) is 4.39 Å². The first-order chi connectivity index (χ1) is 14.6. The maximum Gasteiger partial charge on any atom is 0.191 e. The second-order valence-corrected chi connectivity index (χ2v) is 7.25. The summed E-state index contributed by atoms with van der Waals surface area (Å²) in [5.74, 6) is 0.955. The summed E-state index contributed by atoms with van der Waals surface area (Å²) in [5.41, 5.74) is 2.90. The van der Waals surface area contributed by atoms with Gasteiger partial charge in [-0.3, -0.25) is 4.99 Å². The predicted molar refractivity (Wildman–Crippen MR) is 129 cm³/mol. The van der Waals surface area contributed by atoms with E-state index < -0.39 is 5.82 Å². The molecule has 1 unspecified atom stereocenters. The van der Waals surface area contributed by atoms with Crippen molar-refractivity contribution in [3.63, 3.8) is 0 Å². The Bertz CT molecular complexity index is 940. The highest BCUT2D eigenvalue weighted by molar-refractivity contribution is 14.0. The Balaban J connectivity index is 0.00000341. The molecule has 0 aliphatic carbocycles. The van der Waals surface area contributed by atoms with E-state index in [1.165, 1.54) is 6.07 Å². The number of nitrogens with one attached hydrogen (secondary N) is 2. The van der Waals surface area contributed by atoms with Crippen LogP contribution in [0, 0.1) is 24.1 Å². The molecule has 2 N–H and O–H groups in total. The molecular formula is C23H28FIN4O2. The average molecular weight is 538 g/mol. The van der Waals surface area contributed by atoms with Crippen molar-refractivity contribution in [2.45, 2.75) is 39.0 Å². The Labute approximate surface area is 199 Å². The molecule has 8 heteroatoms. The van der Waals surface area contributed by atoms with Crippen LogP contribution in [0.3, 0.4) is 0 Å². The molecule has 0 spiro atoms. The minimum Gasteiger partial charge on any atom is -0.491 e. The van der Waals surface area contributed by atoms with Gasteiger partial charge in [-0.25, -0.2) is 4.39 Å². The molecule has 1 atom stereocenters. The zero-order chi connectivity index (χ0) is 21.3. The summed E-state index contributed by atoms with van der Waals surface area (Å²) in [6.45, 7) is 4.15. The molecule has 3 rings (SSSR count). The third-order valence-electron chi connectivity index (χ3n) is 4.97. The van der Waals surface area contributed by atoms with Gasteiger partial charge in [0, 0.05) is 37.9 Å². The molecule has 0 radical (unpaired) electrons. The lowest BCUT2D eigenvalue weighted by atomic mass is 10.1. The van der Waals surface area contributed by atoms with Crippen molar-refractivity contribution < 1.29 is 13.9 Å². The fraction of sp³-hybridized carbons (Fsp3) is 0.391. The molecule has 2 aromatic carbocycles. The van der Waals surface area contributed by atoms with E-state index in [2.05, 4.69) is 15.6 Å². The van der Waals surface area contributed by atoms with Gasteiger partial charge >= 0.3 is 0 Å². The first-order valence-corrected chi connectivity index (χ1v) is 10.1. The van der Waals surface area contributed by atoms with E-state index in [9.17, 15) is 4.39 Å². The molecule has 1 fully saturated rings. The molecule has 2 aromatic rings. The molecule has 1 heterocycles. The van der Waals surface area contributed by atoms with Crippen molar-refractivity contribution in [3.8, 4) is 11.8 Å². The summed E-state index contributed by atoms with van der Waals surface area (Å²) in [7, 11) is 1.66. The summed E-state index contributed by atoms with van der Waals surface area (Å²) in [6.07, 6.45) is 2.27.